The lowest BCUT2D eigenvalue weighted by Gasteiger charge is -2.19. The minimum Gasteiger partial charge on any atom is -0.496 e. The van der Waals surface area contributed by atoms with E-state index in [1.807, 2.05) is 6.92 Å². The second-order valence-electron chi connectivity index (χ2n) is 4.20. The summed E-state index contributed by atoms with van der Waals surface area (Å²) in [6.07, 6.45) is -0.305. The van der Waals surface area contributed by atoms with E-state index in [-0.39, 0.29) is 12.5 Å². The first-order valence-corrected chi connectivity index (χ1v) is 6.11. The van der Waals surface area contributed by atoms with Gasteiger partial charge >= 0.3 is 0 Å². The monoisotopic (exact) mass is 274 g/mol. The number of benzene rings is 1. The van der Waals surface area contributed by atoms with Gasteiger partial charge in [0.2, 0.25) is 0 Å². The molecule has 0 aliphatic rings. The second kappa shape index (κ2) is 6.83. The zero-order chi connectivity index (χ0) is 13.7. The van der Waals surface area contributed by atoms with Crippen molar-refractivity contribution >= 4 is 11.6 Å². The number of hydrogen-bond donors (Lipinski definition) is 2. The van der Waals surface area contributed by atoms with Crippen molar-refractivity contribution in [2.75, 3.05) is 20.8 Å². The molecule has 0 bridgehead atoms. The Morgan fingerprint density at radius 3 is 2.33 bits per heavy atom. The van der Waals surface area contributed by atoms with Crippen molar-refractivity contribution in [2.45, 2.75) is 25.4 Å². The average Bonchev–Trinajstić information content (AvgIpc) is 2.38. The number of aliphatic hydroxyl groups excluding tert-OH is 2. The minimum atomic E-state index is -0.745. The van der Waals surface area contributed by atoms with Crippen molar-refractivity contribution in [3.63, 3.8) is 0 Å². The summed E-state index contributed by atoms with van der Waals surface area (Å²) in [5, 5.41) is 18.8. The van der Waals surface area contributed by atoms with Gasteiger partial charge in [0.15, 0.2) is 0 Å². The lowest BCUT2D eigenvalue weighted by atomic mass is 9.94. The van der Waals surface area contributed by atoms with Gasteiger partial charge in [0, 0.05) is 6.07 Å². The van der Waals surface area contributed by atoms with Crippen molar-refractivity contribution < 1.29 is 19.7 Å². The molecule has 1 aromatic rings. The van der Waals surface area contributed by atoms with Gasteiger partial charge in [0.05, 0.1) is 32.0 Å². The smallest absolute Gasteiger partial charge is 0.141 e. The van der Waals surface area contributed by atoms with E-state index in [2.05, 4.69) is 0 Å². The van der Waals surface area contributed by atoms with E-state index >= 15 is 0 Å². The molecular formula is C13H19ClO4. The standard InChI is InChI=1S/C13H19ClO4/c1-8(4-9(16)7-15)10-5-11(14)13(18-3)6-12(10)17-2/h5-6,8-9,15-16H,4,7H2,1-3H3. The second-order valence-corrected chi connectivity index (χ2v) is 4.61. The molecule has 0 aliphatic heterocycles. The highest BCUT2D eigenvalue weighted by Gasteiger charge is 2.18. The number of ether oxygens (including phenoxy) is 2. The zero-order valence-electron chi connectivity index (χ0n) is 10.8. The predicted molar refractivity (Wildman–Crippen MR) is 70.7 cm³/mol. The van der Waals surface area contributed by atoms with Crippen LogP contribution < -0.4 is 9.47 Å². The Bertz CT molecular complexity index is 395. The number of rotatable bonds is 6. The summed E-state index contributed by atoms with van der Waals surface area (Å²) in [6.45, 7) is 1.69. The van der Waals surface area contributed by atoms with Gasteiger partial charge in [-0.1, -0.05) is 18.5 Å². The lowest BCUT2D eigenvalue weighted by Crippen LogP contribution is -2.15. The lowest BCUT2D eigenvalue weighted by molar-refractivity contribution is 0.0833. The molecule has 0 aromatic heterocycles. The SMILES string of the molecule is COc1cc(OC)c(C(C)CC(O)CO)cc1Cl. The van der Waals surface area contributed by atoms with Crippen molar-refractivity contribution in [3.8, 4) is 11.5 Å². The quantitative estimate of drug-likeness (QED) is 0.835. The highest BCUT2D eigenvalue weighted by atomic mass is 35.5. The topological polar surface area (TPSA) is 58.9 Å². The van der Waals surface area contributed by atoms with Gasteiger partial charge in [-0.15, -0.1) is 0 Å². The average molecular weight is 275 g/mol. The number of methoxy groups -OCH3 is 2. The minimum absolute atomic E-state index is 0.0190. The predicted octanol–water partition coefficient (Wildman–Crippen LogP) is 2.20. The van der Waals surface area contributed by atoms with Crippen LogP contribution in [-0.4, -0.2) is 37.1 Å². The third-order valence-electron chi connectivity index (χ3n) is 2.87. The molecule has 0 aliphatic carbocycles. The molecule has 18 heavy (non-hydrogen) atoms. The third-order valence-corrected chi connectivity index (χ3v) is 3.17. The molecule has 0 spiro atoms. The van der Waals surface area contributed by atoms with Crippen LogP contribution in [0.2, 0.25) is 5.02 Å². The maximum atomic E-state index is 9.47. The highest BCUT2D eigenvalue weighted by Crippen LogP contribution is 2.37. The maximum absolute atomic E-state index is 9.47. The first-order chi connectivity index (χ1) is 8.53. The van der Waals surface area contributed by atoms with Crippen LogP contribution in [0.3, 0.4) is 0 Å². The van der Waals surface area contributed by atoms with Gasteiger partial charge in [-0.2, -0.15) is 0 Å². The fourth-order valence-corrected chi connectivity index (χ4v) is 2.13. The zero-order valence-corrected chi connectivity index (χ0v) is 11.6. The van der Waals surface area contributed by atoms with Crippen molar-refractivity contribution in [1.29, 1.82) is 0 Å². The van der Waals surface area contributed by atoms with Crippen LogP contribution in [0.15, 0.2) is 12.1 Å². The van der Waals surface area contributed by atoms with Crippen LogP contribution in [0, 0.1) is 0 Å². The van der Waals surface area contributed by atoms with Crippen LogP contribution >= 0.6 is 11.6 Å². The van der Waals surface area contributed by atoms with Gasteiger partial charge in [0.1, 0.15) is 11.5 Å². The van der Waals surface area contributed by atoms with E-state index in [1.54, 1.807) is 26.4 Å². The molecule has 102 valence electrons. The van der Waals surface area contributed by atoms with Crippen LogP contribution in [0.25, 0.3) is 0 Å². The van der Waals surface area contributed by atoms with Crippen molar-refractivity contribution in [1.82, 2.24) is 0 Å². The summed E-state index contributed by atoms with van der Waals surface area (Å²) in [5.41, 5.74) is 0.885. The van der Waals surface area contributed by atoms with Crippen molar-refractivity contribution in [3.05, 3.63) is 22.7 Å². The molecule has 0 heterocycles. The summed E-state index contributed by atoms with van der Waals surface area (Å²) in [6, 6.07) is 3.49. The first-order valence-electron chi connectivity index (χ1n) is 5.73. The Labute approximate surface area is 112 Å². The molecule has 2 atom stereocenters. The molecule has 0 fully saturated rings. The first kappa shape index (κ1) is 15.1. The van der Waals surface area contributed by atoms with Crippen LogP contribution in [0.4, 0.5) is 0 Å². The van der Waals surface area contributed by atoms with Gasteiger partial charge in [-0.05, 0) is 24.0 Å². The number of halogens is 1. The van der Waals surface area contributed by atoms with E-state index in [4.69, 9.17) is 26.2 Å². The Kier molecular flexibility index (Phi) is 5.72. The molecule has 5 heteroatoms. The molecule has 4 nitrogen and oxygen atoms in total. The van der Waals surface area contributed by atoms with Gasteiger partial charge < -0.3 is 19.7 Å². The Hall–Kier alpha value is -0.970. The van der Waals surface area contributed by atoms with Gasteiger partial charge in [-0.3, -0.25) is 0 Å². The van der Waals surface area contributed by atoms with Crippen LogP contribution in [0.1, 0.15) is 24.8 Å². The Morgan fingerprint density at radius 1 is 1.22 bits per heavy atom. The van der Waals surface area contributed by atoms with Crippen LogP contribution in [-0.2, 0) is 0 Å². The number of hydrogen-bond acceptors (Lipinski definition) is 4. The van der Waals surface area contributed by atoms with Gasteiger partial charge in [0.25, 0.3) is 0 Å². The van der Waals surface area contributed by atoms with E-state index in [9.17, 15) is 5.11 Å². The fourth-order valence-electron chi connectivity index (χ4n) is 1.88. The molecule has 1 rings (SSSR count). The normalized spacial score (nSPS) is 14.1. The third kappa shape index (κ3) is 3.51. The maximum Gasteiger partial charge on any atom is 0.141 e. The number of aliphatic hydroxyl groups is 2. The van der Waals surface area contributed by atoms with E-state index in [1.165, 1.54) is 0 Å². The van der Waals surface area contributed by atoms with Crippen LogP contribution in [0.5, 0.6) is 11.5 Å². The van der Waals surface area contributed by atoms with Crippen molar-refractivity contribution in [2.24, 2.45) is 0 Å². The van der Waals surface area contributed by atoms with E-state index in [0.29, 0.717) is 22.9 Å². The molecular weight excluding hydrogens is 256 g/mol. The summed E-state index contributed by atoms with van der Waals surface area (Å²) in [7, 11) is 3.11. The molecule has 1 aromatic carbocycles. The fraction of sp³-hybridized carbons (Fsp3) is 0.538. The van der Waals surface area contributed by atoms with E-state index in [0.717, 1.165) is 5.56 Å². The van der Waals surface area contributed by atoms with E-state index < -0.39 is 6.10 Å². The molecule has 0 amide bonds. The Morgan fingerprint density at radius 2 is 1.83 bits per heavy atom. The summed E-state index contributed by atoms with van der Waals surface area (Å²) >= 11 is 6.08. The van der Waals surface area contributed by atoms with Gasteiger partial charge in [-0.25, -0.2) is 0 Å². The summed E-state index contributed by atoms with van der Waals surface area (Å²) in [5.74, 6) is 1.23. The summed E-state index contributed by atoms with van der Waals surface area (Å²) in [4.78, 5) is 0. The molecule has 0 radical (unpaired) electrons. The Balaban J connectivity index is 3.03. The molecule has 0 saturated carbocycles. The highest BCUT2D eigenvalue weighted by molar-refractivity contribution is 6.32. The molecule has 2 unspecified atom stereocenters. The molecule has 2 N–H and O–H groups in total. The largest absolute Gasteiger partial charge is 0.496 e. The molecule has 0 saturated heterocycles. The summed E-state index contributed by atoms with van der Waals surface area (Å²) < 4.78 is 10.4.